The van der Waals surface area contributed by atoms with Gasteiger partial charge in [-0.25, -0.2) is 5.10 Å². The maximum Gasteiger partial charge on any atom is 0.276 e. The Bertz CT molecular complexity index is 920. The highest BCUT2D eigenvalue weighted by Gasteiger charge is 2.12. The second kappa shape index (κ2) is 6.97. The molecule has 0 aliphatic carbocycles. The van der Waals surface area contributed by atoms with E-state index in [1.807, 2.05) is 0 Å². The van der Waals surface area contributed by atoms with Gasteiger partial charge in [-0.15, -0.1) is 0 Å². The minimum Gasteiger partial charge on any atom is -0.454 e. The number of nitrogens with zero attached hydrogens (tertiary/aromatic N) is 1. The van der Waals surface area contributed by atoms with Crippen LogP contribution in [-0.4, -0.2) is 16.1 Å². The second-order valence-corrected chi connectivity index (χ2v) is 5.20. The van der Waals surface area contributed by atoms with Gasteiger partial charge < -0.3 is 10.1 Å². The fourth-order valence-corrected chi connectivity index (χ4v) is 2.14. The number of para-hydroxylation sites is 3. The third-order valence-electron chi connectivity index (χ3n) is 3.10. The van der Waals surface area contributed by atoms with Crippen LogP contribution in [0.5, 0.6) is 11.5 Å². The summed E-state index contributed by atoms with van der Waals surface area (Å²) in [5.41, 5.74) is 0.159. The van der Waals surface area contributed by atoms with Crippen LogP contribution < -0.4 is 15.6 Å². The Morgan fingerprint density at radius 1 is 1.00 bits per heavy atom. The van der Waals surface area contributed by atoms with Gasteiger partial charge in [0.05, 0.1) is 10.7 Å². The number of hydrogen-bond acceptors (Lipinski definition) is 4. The number of rotatable bonds is 4. The number of halogens is 1. The molecule has 0 aliphatic heterocycles. The van der Waals surface area contributed by atoms with Crippen LogP contribution in [-0.2, 0) is 0 Å². The monoisotopic (exact) mass is 341 g/mol. The summed E-state index contributed by atoms with van der Waals surface area (Å²) in [4.78, 5) is 23.2. The molecular formula is C17H12ClN3O3. The zero-order valence-electron chi connectivity index (χ0n) is 12.3. The molecule has 0 radical (unpaired) electrons. The molecule has 120 valence electrons. The first-order valence-electron chi connectivity index (χ1n) is 7.02. The summed E-state index contributed by atoms with van der Waals surface area (Å²) in [5.74, 6) is 0.438. The molecule has 0 atom stereocenters. The van der Waals surface area contributed by atoms with Crippen molar-refractivity contribution in [1.29, 1.82) is 0 Å². The lowest BCUT2D eigenvalue weighted by Gasteiger charge is -2.12. The van der Waals surface area contributed by atoms with E-state index in [1.165, 1.54) is 12.1 Å². The Morgan fingerprint density at radius 3 is 2.42 bits per heavy atom. The zero-order chi connectivity index (χ0) is 16.9. The van der Waals surface area contributed by atoms with Gasteiger partial charge in [0.1, 0.15) is 11.4 Å². The van der Waals surface area contributed by atoms with Crippen LogP contribution in [0.2, 0.25) is 5.02 Å². The first-order valence-corrected chi connectivity index (χ1v) is 7.40. The van der Waals surface area contributed by atoms with E-state index in [2.05, 4.69) is 15.5 Å². The van der Waals surface area contributed by atoms with Crippen molar-refractivity contribution in [3.8, 4) is 11.5 Å². The van der Waals surface area contributed by atoms with Gasteiger partial charge in [0.2, 0.25) is 0 Å². The minimum absolute atomic E-state index is 0.0853. The molecule has 2 N–H and O–H groups in total. The van der Waals surface area contributed by atoms with Crippen LogP contribution in [0.25, 0.3) is 0 Å². The van der Waals surface area contributed by atoms with Crippen molar-refractivity contribution in [2.75, 3.05) is 5.32 Å². The molecule has 0 spiro atoms. The Hall–Kier alpha value is -3.12. The Labute approximate surface area is 142 Å². The lowest BCUT2D eigenvalue weighted by atomic mass is 10.2. The number of H-pyrrole nitrogens is 1. The third-order valence-corrected chi connectivity index (χ3v) is 3.42. The number of amides is 1. The van der Waals surface area contributed by atoms with Crippen LogP contribution in [0.1, 0.15) is 10.5 Å². The van der Waals surface area contributed by atoms with Gasteiger partial charge in [-0.3, -0.25) is 9.59 Å². The number of aromatic nitrogens is 2. The molecule has 0 saturated heterocycles. The Morgan fingerprint density at radius 2 is 1.71 bits per heavy atom. The first-order chi connectivity index (χ1) is 11.6. The smallest absolute Gasteiger partial charge is 0.276 e. The zero-order valence-corrected chi connectivity index (χ0v) is 13.1. The number of nitrogens with one attached hydrogen (secondary N) is 2. The predicted octanol–water partition coefficient (Wildman–Crippen LogP) is 3.47. The summed E-state index contributed by atoms with van der Waals surface area (Å²) in [7, 11) is 0. The number of aromatic amines is 1. The van der Waals surface area contributed by atoms with Gasteiger partial charge >= 0.3 is 0 Å². The van der Waals surface area contributed by atoms with E-state index in [4.69, 9.17) is 16.3 Å². The van der Waals surface area contributed by atoms with Crippen molar-refractivity contribution in [1.82, 2.24) is 10.2 Å². The molecule has 0 bridgehead atoms. The molecule has 1 aromatic heterocycles. The highest BCUT2D eigenvalue weighted by molar-refractivity contribution is 6.32. The third kappa shape index (κ3) is 3.61. The summed E-state index contributed by atoms with van der Waals surface area (Å²) in [6.07, 6.45) is 0. The Kier molecular flexibility index (Phi) is 4.58. The van der Waals surface area contributed by atoms with Gasteiger partial charge in [-0.2, -0.15) is 5.10 Å². The summed E-state index contributed by atoms with van der Waals surface area (Å²) in [5, 5.41) is 9.06. The minimum atomic E-state index is -0.471. The van der Waals surface area contributed by atoms with Gasteiger partial charge in [0, 0.05) is 6.07 Å². The number of ether oxygens (including phenoxy) is 1. The van der Waals surface area contributed by atoms with E-state index in [-0.39, 0.29) is 11.3 Å². The van der Waals surface area contributed by atoms with Gasteiger partial charge in [-0.05, 0) is 30.3 Å². The number of benzene rings is 2. The molecule has 1 heterocycles. The van der Waals surface area contributed by atoms with Crippen molar-refractivity contribution >= 4 is 23.2 Å². The van der Waals surface area contributed by atoms with Gasteiger partial charge in [0.25, 0.3) is 11.5 Å². The maximum absolute atomic E-state index is 12.2. The largest absolute Gasteiger partial charge is 0.454 e. The van der Waals surface area contributed by atoms with E-state index < -0.39 is 5.91 Å². The fraction of sp³-hybridized carbons (Fsp3) is 0. The topological polar surface area (TPSA) is 84.1 Å². The number of carbonyl (C=O) groups excluding carboxylic acids is 1. The highest BCUT2D eigenvalue weighted by Crippen LogP contribution is 2.33. The lowest BCUT2D eigenvalue weighted by Crippen LogP contribution is -2.17. The lowest BCUT2D eigenvalue weighted by molar-refractivity contribution is 0.102. The molecule has 3 rings (SSSR count). The van der Waals surface area contributed by atoms with Crippen LogP contribution in [0.4, 0.5) is 5.69 Å². The summed E-state index contributed by atoms with van der Waals surface area (Å²) in [6, 6.07) is 16.5. The van der Waals surface area contributed by atoms with Crippen molar-refractivity contribution in [2.45, 2.75) is 0 Å². The molecule has 0 aliphatic rings. The summed E-state index contributed by atoms with van der Waals surface area (Å²) < 4.78 is 5.77. The van der Waals surface area contributed by atoms with E-state index >= 15 is 0 Å². The van der Waals surface area contributed by atoms with Crippen LogP contribution in [0, 0.1) is 0 Å². The number of hydrogen-bond donors (Lipinski definition) is 2. The normalized spacial score (nSPS) is 10.2. The van der Waals surface area contributed by atoms with Crippen molar-refractivity contribution in [2.24, 2.45) is 0 Å². The van der Waals surface area contributed by atoms with Crippen LogP contribution >= 0.6 is 11.6 Å². The van der Waals surface area contributed by atoms with Gasteiger partial charge in [0.15, 0.2) is 5.75 Å². The van der Waals surface area contributed by atoms with Crippen molar-refractivity contribution < 1.29 is 9.53 Å². The molecular weight excluding hydrogens is 330 g/mol. The molecule has 0 saturated carbocycles. The van der Waals surface area contributed by atoms with Crippen molar-refractivity contribution in [3.63, 3.8) is 0 Å². The van der Waals surface area contributed by atoms with Crippen molar-refractivity contribution in [3.05, 3.63) is 81.7 Å². The SMILES string of the molecule is O=C(Nc1ccccc1Oc1ccccc1Cl)c1ccc(=O)[nH]n1. The Balaban J connectivity index is 1.84. The standard InChI is InChI=1S/C17H12ClN3O3/c18-11-5-1-3-7-14(11)24-15-8-4-2-6-12(15)19-17(23)13-9-10-16(22)21-20-13/h1-10H,(H,19,23)(H,21,22). The molecule has 0 fully saturated rings. The molecule has 6 nitrogen and oxygen atoms in total. The molecule has 1 amide bonds. The van der Waals surface area contributed by atoms with E-state index in [9.17, 15) is 9.59 Å². The molecule has 0 unspecified atom stereocenters. The predicted molar refractivity (Wildman–Crippen MR) is 90.8 cm³/mol. The maximum atomic E-state index is 12.2. The average Bonchev–Trinajstić information content (AvgIpc) is 2.59. The highest BCUT2D eigenvalue weighted by atomic mass is 35.5. The van der Waals surface area contributed by atoms with Crippen LogP contribution in [0.3, 0.4) is 0 Å². The molecule has 2 aromatic carbocycles. The fourth-order valence-electron chi connectivity index (χ4n) is 1.96. The quantitative estimate of drug-likeness (QED) is 0.761. The number of anilines is 1. The summed E-state index contributed by atoms with van der Waals surface area (Å²) in [6.45, 7) is 0. The molecule has 3 aromatic rings. The first kappa shape index (κ1) is 15.8. The van der Waals surface area contributed by atoms with E-state index in [0.29, 0.717) is 22.2 Å². The number of carbonyl (C=O) groups is 1. The van der Waals surface area contributed by atoms with E-state index in [0.717, 1.165) is 0 Å². The second-order valence-electron chi connectivity index (χ2n) is 4.79. The molecule has 24 heavy (non-hydrogen) atoms. The summed E-state index contributed by atoms with van der Waals surface area (Å²) >= 11 is 6.09. The average molecular weight is 342 g/mol. The van der Waals surface area contributed by atoms with Gasteiger partial charge in [-0.1, -0.05) is 35.9 Å². The molecule has 7 heteroatoms. The van der Waals surface area contributed by atoms with E-state index in [1.54, 1.807) is 48.5 Å². The van der Waals surface area contributed by atoms with Crippen LogP contribution in [0.15, 0.2) is 65.5 Å².